The molecule has 0 amide bonds. The number of halogens is 2. The molecule has 96 valence electrons. The van der Waals surface area contributed by atoms with Crippen molar-refractivity contribution >= 4 is 38.9 Å². The summed E-state index contributed by atoms with van der Waals surface area (Å²) >= 11 is 11.1. The summed E-state index contributed by atoms with van der Waals surface area (Å²) in [5, 5.41) is 3.51. The van der Waals surface area contributed by atoms with Crippen LogP contribution >= 0.6 is 38.9 Å². The van der Waals surface area contributed by atoms with Gasteiger partial charge in [0.1, 0.15) is 4.34 Å². The monoisotopic (exact) mass is 343 g/mol. The average Bonchev–Trinajstić information content (AvgIpc) is 2.67. The lowest BCUT2D eigenvalue weighted by Crippen LogP contribution is -2.17. The van der Waals surface area contributed by atoms with Gasteiger partial charge in [-0.2, -0.15) is 0 Å². The highest BCUT2D eigenvalue weighted by Gasteiger charge is 2.07. The van der Waals surface area contributed by atoms with E-state index >= 15 is 0 Å². The molecule has 0 unspecified atom stereocenters. The molecule has 4 heteroatoms. The smallest absolute Gasteiger partial charge is 0.107 e. The molecule has 0 saturated heterocycles. The summed E-state index contributed by atoms with van der Waals surface area (Å²) in [6, 6.07) is 11.0. The molecule has 1 aromatic carbocycles. The second kappa shape index (κ2) is 6.20. The molecular weight excluding hydrogens is 330 g/mol. The summed E-state index contributed by atoms with van der Waals surface area (Å²) in [6.07, 6.45) is 0. The van der Waals surface area contributed by atoms with Crippen LogP contribution in [-0.2, 0) is 6.54 Å². The topological polar surface area (TPSA) is 12.0 Å². The van der Waals surface area contributed by atoms with Crippen LogP contribution in [0, 0.1) is 6.92 Å². The molecule has 1 atom stereocenters. The third-order valence-electron chi connectivity index (χ3n) is 2.86. The van der Waals surface area contributed by atoms with Crippen molar-refractivity contribution in [1.82, 2.24) is 5.32 Å². The zero-order valence-corrected chi connectivity index (χ0v) is 13.5. The van der Waals surface area contributed by atoms with E-state index in [1.165, 1.54) is 16.0 Å². The van der Waals surface area contributed by atoms with Gasteiger partial charge in [-0.1, -0.05) is 41.4 Å². The summed E-state index contributed by atoms with van der Waals surface area (Å²) in [6.45, 7) is 5.12. The SMILES string of the molecule is Cc1ccc([C@H](C)NCc2cc(Br)c(Cl)s2)cc1. The third kappa shape index (κ3) is 3.58. The Bertz CT molecular complexity index is 502. The van der Waals surface area contributed by atoms with E-state index in [0.29, 0.717) is 6.04 Å². The molecule has 0 aliphatic carbocycles. The first-order chi connectivity index (χ1) is 8.56. The maximum absolute atomic E-state index is 6.02. The van der Waals surface area contributed by atoms with E-state index in [1.807, 2.05) is 0 Å². The van der Waals surface area contributed by atoms with Crippen molar-refractivity contribution in [2.45, 2.75) is 26.4 Å². The van der Waals surface area contributed by atoms with Crippen molar-refractivity contribution < 1.29 is 0 Å². The lowest BCUT2D eigenvalue weighted by molar-refractivity contribution is 0.579. The summed E-state index contributed by atoms with van der Waals surface area (Å²) in [7, 11) is 0. The maximum atomic E-state index is 6.02. The fraction of sp³-hybridized carbons (Fsp3) is 0.286. The zero-order chi connectivity index (χ0) is 13.1. The van der Waals surface area contributed by atoms with Crippen LogP contribution in [0.4, 0.5) is 0 Å². The first-order valence-corrected chi connectivity index (χ1v) is 7.78. The summed E-state index contributed by atoms with van der Waals surface area (Å²) < 4.78 is 1.80. The van der Waals surface area contributed by atoms with Gasteiger partial charge in [0.25, 0.3) is 0 Å². The number of hydrogen-bond acceptors (Lipinski definition) is 2. The minimum absolute atomic E-state index is 0.338. The highest BCUT2D eigenvalue weighted by atomic mass is 79.9. The number of rotatable bonds is 4. The van der Waals surface area contributed by atoms with E-state index in [9.17, 15) is 0 Å². The molecule has 1 nitrogen and oxygen atoms in total. The van der Waals surface area contributed by atoms with E-state index in [1.54, 1.807) is 11.3 Å². The fourth-order valence-corrected chi connectivity index (χ4v) is 3.45. The minimum Gasteiger partial charge on any atom is -0.305 e. The molecule has 0 radical (unpaired) electrons. The van der Waals surface area contributed by atoms with Gasteiger partial charge < -0.3 is 5.32 Å². The largest absolute Gasteiger partial charge is 0.305 e. The lowest BCUT2D eigenvalue weighted by atomic mass is 10.1. The van der Waals surface area contributed by atoms with Gasteiger partial charge in [-0.3, -0.25) is 0 Å². The van der Waals surface area contributed by atoms with Gasteiger partial charge in [0, 0.05) is 21.9 Å². The van der Waals surface area contributed by atoms with Gasteiger partial charge >= 0.3 is 0 Å². The van der Waals surface area contributed by atoms with E-state index in [0.717, 1.165) is 15.4 Å². The van der Waals surface area contributed by atoms with Crippen molar-refractivity contribution in [2.24, 2.45) is 0 Å². The summed E-state index contributed by atoms with van der Waals surface area (Å²) in [5.74, 6) is 0. The minimum atomic E-state index is 0.338. The van der Waals surface area contributed by atoms with Gasteiger partial charge in [0.2, 0.25) is 0 Å². The van der Waals surface area contributed by atoms with Crippen molar-refractivity contribution in [3.63, 3.8) is 0 Å². The number of aryl methyl sites for hydroxylation is 1. The Morgan fingerprint density at radius 2 is 2.00 bits per heavy atom. The summed E-state index contributed by atoms with van der Waals surface area (Å²) in [5.41, 5.74) is 2.60. The van der Waals surface area contributed by atoms with Crippen molar-refractivity contribution in [2.75, 3.05) is 0 Å². The Balaban J connectivity index is 1.95. The van der Waals surface area contributed by atoms with Gasteiger partial charge in [-0.25, -0.2) is 0 Å². The number of benzene rings is 1. The van der Waals surface area contributed by atoms with E-state index in [-0.39, 0.29) is 0 Å². The van der Waals surface area contributed by atoms with Crippen LogP contribution < -0.4 is 5.32 Å². The van der Waals surface area contributed by atoms with Crippen LogP contribution in [0.2, 0.25) is 4.34 Å². The average molecular weight is 345 g/mol. The highest BCUT2D eigenvalue weighted by molar-refractivity contribution is 9.10. The Labute approximate surface area is 125 Å². The Morgan fingerprint density at radius 3 is 2.56 bits per heavy atom. The van der Waals surface area contributed by atoms with E-state index in [4.69, 9.17) is 11.6 Å². The molecule has 2 aromatic rings. The third-order valence-corrected chi connectivity index (χ3v) is 5.33. The normalized spacial score (nSPS) is 12.7. The van der Waals surface area contributed by atoms with Crippen molar-refractivity contribution in [3.05, 3.63) is 55.1 Å². The van der Waals surface area contributed by atoms with Crippen molar-refractivity contribution in [3.8, 4) is 0 Å². The predicted octanol–water partition coefficient (Wildman–Crippen LogP) is 5.32. The molecule has 2 rings (SSSR count). The first kappa shape index (κ1) is 14.1. The molecule has 0 fully saturated rings. The van der Waals surface area contributed by atoms with Crippen LogP contribution in [0.15, 0.2) is 34.8 Å². The Morgan fingerprint density at radius 1 is 1.33 bits per heavy atom. The first-order valence-electron chi connectivity index (χ1n) is 5.80. The molecule has 0 aliphatic heterocycles. The van der Waals surface area contributed by atoms with Crippen LogP contribution in [-0.4, -0.2) is 0 Å². The molecule has 1 heterocycles. The Kier molecular flexibility index (Phi) is 4.84. The lowest BCUT2D eigenvalue weighted by Gasteiger charge is -2.13. The number of thiophene rings is 1. The summed E-state index contributed by atoms with van der Waals surface area (Å²) in [4.78, 5) is 1.24. The molecule has 1 N–H and O–H groups in total. The molecule has 0 bridgehead atoms. The van der Waals surface area contributed by atoms with Crippen LogP contribution in [0.3, 0.4) is 0 Å². The zero-order valence-electron chi connectivity index (χ0n) is 10.3. The standard InChI is InChI=1S/C14H15BrClNS/c1-9-3-5-11(6-4-9)10(2)17-8-12-7-13(15)14(16)18-12/h3-7,10,17H,8H2,1-2H3/t10-/m0/s1. The predicted molar refractivity (Wildman–Crippen MR) is 83.5 cm³/mol. The van der Waals surface area contributed by atoms with Gasteiger partial charge in [0.15, 0.2) is 0 Å². The van der Waals surface area contributed by atoms with Crippen LogP contribution in [0.1, 0.15) is 29.0 Å². The van der Waals surface area contributed by atoms with Crippen molar-refractivity contribution in [1.29, 1.82) is 0 Å². The second-order valence-corrected chi connectivity index (χ2v) is 6.94. The quantitative estimate of drug-likeness (QED) is 0.791. The molecule has 1 aromatic heterocycles. The molecule has 18 heavy (non-hydrogen) atoms. The molecular formula is C14H15BrClNS. The highest BCUT2D eigenvalue weighted by Crippen LogP contribution is 2.32. The molecule has 0 aliphatic rings. The number of hydrogen-bond donors (Lipinski definition) is 1. The van der Waals surface area contributed by atoms with Gasteiger partial charge in [0.05, 0.1) is 0 Å². The second-order valence-electron chi connectivity index (χ2n) is 4.35. The molecule has 0 saturated carbocycles. The van der Waals surface area contributed by atoms with Gasteiger partial charge in [-0.05, 0) is 41.4 Å². The van der Waals surface area contributed by atoms with E-state index < -0.39 is 0 Å². The van der Waals surface area contributed by atoms with Crippen LogP contribution in [0.5, 0.6) is 0 Å². The van der Waals surface area contributed by atoms with Gasteiger partial charge in [-0.15, -0.1) is 11.3 Å². The van der Waals surface area contributed by atoms with Crippen LogP contribution in [0.25, 0.3) is 0 Å². The number of nitrogens with one attached hydrogen (secondary N) is 1. The Hall–Kier alpha value is -0.350. The fourth-order valence-electron chi connectivity index (χ4n) is 1.71. The maximum Gasteiger partial charge on any atom is 0.107 e. The van der Waals surface area contributed by atoms with E-state index in [2.05, 4.69) is 65.4 Å². The molecule has 0 spiro atoms.